The van der Waals surface area contributed by atoms with Crippen molar-refractivity contribution >= 4 is 0 Å². The Labute approximate surface area is 172 Å². The van der Waals surface area contributed by atoms with Gasteiger partial charge in [0.05, 0.1) is 23.3 Å². The van der Waals surface area contributed by atoms with Crippen LogP contribution in [0.15, 0.2) is 48.5 Å². The zero-order chi connectivity index (χ0) is 20.3. The van der Waals surface area contributed by atoms with Gasteiger partial charge in [-0.2, -0.15) is 10.5 Å². The van der Waals surface area contributed by atoms with Gasteiger partial charge < -0.3 is 9.47 Å². The number of nitrogens with zero attached hydrogens (tertiary/aromatic N) is 4. The molecule has 0 saturated carbocycles. The van der Waals surface area contributed by atoms with E-state index in [1.54, 1.807) is 24.3 Å². The van der Waals surface area contributed by atoms with E-state index in [9.17, 15) is 0 Å². The van der Waals surface area contributed by atoms with Crippen LogP contribution in [-0.2, 0) is 0 Å². The fourth-order valence-corrected chi connectivity index (χ4v) is 3.37. The first-order chi connectivity index (χ1) is 14.3. The second kappa shape index (κ2) is 11.1. The molecular formula is C23H26N4O2. The standard InChI is InChI=1S/C23H26N4O2/c24-18-20-4-1-6-22(16-20)28-14-12-26-8-3-9-27(11-10-26)13-15-29-23-7-2-5-21(17-23)19-25/h1-2,4-7,16-17H,3,8-15H2. The predicted octanol–water partition coefficient (Wildman–Crippen LogP) is 2.90. The lowest BCUT2D eigenvalue weighted by atomic mass is 10.2. The molecule has 1 saturated heterocycles. The highest BCUT2D eigenvalue weighted by molar-refractivity contribution is 5.36. The van der Waals surface area contributed by atoms with Crippen molar-refractivity contribution < 1.29 is 9.47 Å². The van der Waals surface area contributed by atoms with E-state index in [1.807, 2.05) is 24.3 Å². The van der Waals surface area contributed by atoms with Crippen molar-refractivity contribution in [3.8, 4) is 23.6 Å². The van der Waals surface area contributed by atoms with Gasteiger partial charge in [0.15, 0.2) is 0 Å². The van der Waals surface area contributed by atoms with Crippen LogP contribution in [0.3, 0.4) is 0 Å². The maximum absolute atomic E-state index is 8.96. The molecule has 0 amide bonds. The molecule has 3 rings (SSSR count). The largest absolute Gasteiger partial charge is 0.492 e. The Hall–Kier alpha value is -3.06. The Balaban J connectivity index is 1.35. The van der Waals surface area contributed by atoms with Gasteiger partial charge in [-0.1, -0.05) is 12.1 Å². The van der Waals surface area contributed by atoms with Gasteiger partial charge in [-0.3, -0.25) is 9.80 Å². The summed E-state index contributed by atoms with van der Waals surface area (Å²) in [5.41, 5.74) is 1.24. The number of benzene rings is 2. The quantitative estimate of drug-likeness (QED) is 0.690. The van der Waals surface area contributed by atoms with Gasteiger partial charge in [0.1, 0.15) is 24.7 Å². The molecule has 1 aliphatic rings. The zero-order valence-electron chi connectivity index (χ0n) is 16.6. The molecule has 2 aromatic rings. The van der Waals surface area contributed by atoms with Gasteiger partial charge >= 0.3 is 0 Å². The SMILES string of the molecule is N#Cc1cccc(OCCN2CCCN(CCOc3cccc(C#N)c3)CC2)c1. The van der Waals surface area contributed by atoms with Crippen LogP contribution in [0, 0.1) is 22.7 Å². The molecule has 0 radical (unpaired) electrons. The Morgan fingerprint density at radius 1 is 0.724 bits per heavy atom. The number of hydrogen-bond donors (Lipinski definition) is 0. The zero-order valence-corrected chi connectivity index (χ0v) is 16.6. The van der Waals surface area contributed by atoms with E-state index in [4.69, 9.17) is 20.0 Å². The first-order valence-electron chi connectivity index (χ1n) is 9.97. The van der Waals surface area contributed by atoms with E-state index < -0.39 is 0 Å². The third kappa shape index (κ3) is 6.80. The van der Waals surface area contributed by atoms with Crippen molar-refractivity contribution in [1.82, 2.24) is 9.80 Å². The summed E-state index contributed by atoms with van der Waals surface area (Å²) in [6.07, 6.45) is 1.12. The molecular weight excluding hydrogens is 364 g/mol. The second-order valence-electron chi connectivity index (χ2n) is 7.01. The van der Waals surface area contributed by atoms with Crippen LogP contribution < -0.4 is 9.47 Å². The molecule has 150 valence electrons. The molecule has 0 spiro atoms. The van der Waals surface area contributed by atoms with Crippen molar-refractivity contribution in [3.63, 3.8) is 0 Å². The van der Waals surface area contributed by atoms with Crippen LogP contribution in [0.25, 0.3) is 0 Å². The molecule has 1 fully saturated rings. The summed E-state index contributed by atoms with van der Waals surface area (Å²) < 4.78 is 11.6. The molecule has 6 nitrogen and oxygen atoms in total. The number of rotatable bonds is 8. The van der Waals surface area contributed by atoms with Crippen LogP contribution in [-0.4, -0.2) is 62.3 Å². The number of nitriles is 2. The van der Waals surface area contributed by atoms with Gasteiger partial charge in [-0.25, -0.2) is 0 Å². The summed E-state index contributed by atoms with van der Waals surface area (Å²) in [6.45, 7) is 7.12. The average molecular weight is 390 g/mol. The fraction of sp³-hybridized carbons (Fsp3) is 0.391. The summed E-state index contributed by atoms with van der Waals surface area (Å²) in [5, 5.41) is 17.9. The molecule has 1 heterocycles. The van der Waals surface area contributed by atoms with Crippen LogP contribution >= 0.6 is 0 Å². The van der Waals surface area contributed by atoms with Gasteiger partial charge in [-0.05, 0) is 55.9 Å². The fourth-order valence-electron chi connectivity index (χ4n) is 3.37. The molecule has 0 atom stereocenters. The molecule has 2 aromatic carbocycles. The number of hydrogen-bond acceptors (Lipinski definition) is 6. The third-order valence-electron chi connectivity index (χ3n) is 4.96. The Morgan fingerprint density at radius 3 is 1.66 bits per heavy atom. The Morgan fingerprint density at radius 2 is 1.21 bits per heavy atom. The lowest BCUT2D eigenvalue weighted by Crippen LogP contribution is -2.34. The predicted molar refractivity (Wildman–Crippen MR) is 111 cm³/mol. The van der Waals surface area contributed by atoms with E-state index in [2.05, 4.69) is 21.9 Å². The monoisotopic (exact) mass is 390 g/mol. The summed E-state index contributed by atoms with van der Waals surface area (Å²) in [6, 6.07) is 18.8. The first kappa shape index (κ1) is 20.7. The summed E-state index contributed by atoms with van der Waals surface area (Å²) in [5.74, 6) is 1.50. The minimum Gasteiger partial charge on any atom is -0.492 e. The topological polar surface area (TPSA) is 72.5 Å². The molecule has 0 bridgehead atoms. The minimum absolute atomic E-state index is 0.618. The minimum atomic E-state index is 0.618. The normalized spacial score (nSPS) is 15.1. The highest BCUT2D eigenvalue weighted by Gasteiger charge is 2.14. The second-order valence-corrected chi connectivity index (χ2v) is 7.01. The third-order valence-corrected chi connectivity index (χ3v) is 4.96. The smallest absolute Gasteiger partial charge is 0.120 e. The molecule has 0 unspecified atom stereocenters. The molecule has 6 heteroatoms. The highest BCUT2D eigenvalue weighted by atomic mass is 16.5. The summed E-state index contributed by atoms with van der Waals surface area (Å²) in [7, 11) is 0. The van der Waals surface area contributed by atoms with Crippen LogP contribution in [0.4, 0.5) is 0 Å². The van der Waals surface area contributed by atoms with E-state index in [1.165, 1.54) is 0 Å². The van der Waals surface area contributed by atoms with Crippen molar-refractivity contribution in [2.45, 2.75) is 6.42 Å². The van der Waals surface area contributed by atoms with Gasteiger partial charge in [0.25, 0.3) is 0 Å². The molecule has 0 N–H and O–H groups in total. The lowest BCUT2D eigenvalue weighted by Gasteiger charge is -2.22. The Kier molecular flexibility index (Phi) is 7.89. The summed E-state index contributed by atoms with van der Waals surface area (Å²) >= 11 is 0. The van der Waals surface area contributed by atoms with E-state index in [0.29, 0.717) is 24.3 Å². The summed E-state index contributed by atoms with van der Waals surface area (Å²) in [4.78, 5) is 4.84. The van der Waals surface area contributed by atoms with E-state index >= 15 is 0 Å². The van der Waals surface area contributed by atoms with Crippen LogP contribution in [0.1, 0.15) is 17.5 Å². The number of ether oxygens (including phenoxy) is 2. The molecule has 1 aliphatic heterocycles. The first-order valence-corrected chi connectivity index (χ1v) is 9.97. The van der Waals surface area contributed by atoms with Crippen LogP contribution in [0.5, 0.6) is 11.5 Å². The maximum atomic E-state index is 8.96. The lowest BCUT2D eigenvalue weighted by molar-refractivity contribution is 0.195. The van der Waals surface area contributed by atoms with Crippen molar-refractivity contribution in [1.29, 1.82) is 10.5 Å². The van der Waals surface area contributed by atoms with Crippen molar-refractivity contribution in [2.75, 3.05) is 52.5 Å². The molecule has 0 aromatic heterocycles. The van der Waals surface area contributed by atoms with Crippen molar-refractivity contribution in [3.05, 3.63) is 59.7 Å². The van der Waals surface area contributed by atoms with Crippen LogP contribution in [0.2, 0.25) is 0 Å². The average Bonchev–Trinajstić information content (AvgIpc) is 2.99. The van der Waals surface area contributed by atoms with Crippen molar-refractivity contribution in [2.24, 2.45) is 0 Å². The van der Waals surface area contributed by atoms with E-state index in [0.717, 1.165) is 57.2 Å². The van der Waals surface area contributed by atoms with Gasteiger partial charge in [0.2, 0.25) is 0 Å². The van der Waals surface area contributed by atoms with Gasteiger partial charge in [0, 0.05) is 26.2 Å². The highest BCUT2D eigenvalue weighted by Crippen LogP contribution is 2.14. The van der Waals surface area contributed by atoms with Gasteiger partial charge in [-0.15, -0.1) is 0 Å². The Bertz CT molecular complexity index is 800. The van der Waals surface area contributed by atoms with E-state index in [-0.39, 0.29) is 0 Å². The molecule has 29 heavy (non-hydrogen) atoms. The maximum Gasteiger partial charge on any atom is 0.120 e. The molecule has 0 aliphatic carbocycles.